The minimum absolute atomic E-state index is 0.373. The number of anilines is 1. The van der Waals surface area contributed by atoms with Crippen LogP contribution in [0.25, 0.3) is 0 Å². The molecule has 0 aliphatic rings. The summed E-state index contributed by atoms with van der Waals surface area (Å²) >= 11 is 12.4. The summed E-state index contributed by atoms with van der Waals surface area (Å²) in [6.45, 7) is 2.01. The lowest BCUT2D eigenvalue weighted by Gasteiger charge is -2.16. The Bertz CT molecular complexity index is 514. The number of benzene rings is 1. The molecule has 0 amide bonds. The first-order valence-electron chi connectivity index (χ1n) is 5.08. The lowest BCUT2D eigenvalue weighted by molar-refractivity contribution is 0.583. The van der Waals surface area contributed by atoms with Crippen LogP contribution in [-0.4, -0.2) is 27.3 Å². The Morgan fingerprint density at radius 1 is 1.33 bits per heavy atom. The zero-order valence-corrected chi connectivity index (χ0v) is 14.5. The van der Waals surface area contributed by atoms with E-state index in [1.54, 1.807) is 26.1 Å². The topological polar surface area (TPSA) is 58.2 Å². The second-order valence-corrected chi connectivity index (χ2v) is 8.00. The second kappa shape index (κ2) is 6.56. The summed E-state index contributed by atoms with van der Waals surface area (Å²) < 4.78 is 27.8. The molecule has 18 heavy (non-hydrogen) atoms. The minimum atomic E-state index is -3.45. The van der Waals surface area contributed by atoms with Gasteiger partial charge in [-0.1, -0.05) is 11.6 Å². The number of nitrogens with one attached hydrogen (secondary N) is 2. The predicted octanol–water partition coefficient (Wildman–Crippen LogP) is 3.21. The fraction of sp³-hybridized carbons (Fsp3) is 0.400. The lowest BCUT2D eigenvalue weighted by atomic mass is 10.3. The third-order valence-electron chi connectivity index (χ3n) is 2.27. The number of hydrogen-bond acceptors (Lipinski definition) is 3. The van der Waals surface area contributed by atoms with Crippen LogP contribution in [0, 0.1) is 0 Å². The van der Waals surface area contributed by atoms with Crippen LogP contribution in [0.4, 0.5) is 5.69 Å². The van der Waals surface area contributed by atoms with Crippen molar-refractivity contribution in [2.75, 3.05) is 18.3 Å². The van der Waals surface area contributed by atoms with Crippen LogP contribution in [0.2, 0.25) is 5.02 Å². The SMILES string of the molecule is CNCC(C)S(=O)(=O)Nc1c(Br)cc(Cl)cc1Br. The summed E-state index contributed by atoms with van der Waals surface area (Å²) in [5.41, 5.74) is 0.447. The van der Waals surface area contributed by atoms with Gasteiger partial charge in [0, 0.05) is 20.5 Å². The largest absolute Gasteiger partial charge is 0.318 e. The summed E-state index contributed by atoms with van der Waals surface area (Å²) in [5, 5.41) is 2.80. The summed E-state index contributed by atoms with van der Waals surface area (Å²) in [4.78, 5) is 0. The first kappa shape index (κ1) is 16.2. The van der Waals surface area contributed by atoms with Gasteiger partial charge < -0.3 is 5.32 Å². The number of hydrogen-bond donors (Lipinski definition) is 2. The van der Waals surface area contributed by atoms with Gasteiger partial charge in [-0.15, -0.1) is 0 Å². The minimum Gasteiger partial charge on any atom is -0.318 e. The molecule has 0 heterocycles. The van der Waals surface area contributed by atoms with E-state index in [4.69, 9.17) is 11.6 Å². The van der Waals surface area contributed by atoms with Gasteiger partial charge in [-0.2, -0.15) is 0 Å². The highest BCUT2D eigenvalue weighted by atomic mass is 79.9. The highest BCUT2D eigenvalue weighted by Crippen LogP contribution is 2.35. The fourth-order valence-electron chi connectivity index (χ4n) is 1.28. The van der Waals surface area contributed by atoms with Crippen LogP contribution in [0.15, 0.2) is 21.1 Å². The number of sulfonamides is 1. The summed E-state index contributed by atoms with van der Waals surface area (Å²) in [6.07, 6.45) is 0. The van der Waals surface area contributed by atoms with Crippen LogP contribution in [0.5, 0.6) is 0 Å². The summed E-state index contributed by atoms with van der Waals surface area (Å²) in [5.74, 6) is 0. The quantitative estimate of drug-likeness (QED) is 0.769. The fourth-order valence-corrected chi connectivity index (χ4v) is 4.50. The lowest BCUT2D eigenvalue weighted by Crippen LogP contribution is -2.33. The molecule has 0 bridgehead atoms. The average Bonchev–Trinajstić information content (AvgIpc) is 2.23. The molecule has 0 saturated heterocycles. The molecular formula is C10H13Br2ClN2O2S. The summed E-state index contributed by atoms with van der Waals surface area (Å²) in [6, 6.07) is 3.26. The molecule has 1 unspecified atom stereocenters. The van der Waals surface area contributed by atoms with Crippen LogP contribution in [0.1, 0.15) is 6.92 Å². The maximum Gasteiger partial charge on any atom is 0.236 e. The molecular weight excluding hydrogens is 407 g/mol. The Morgan fingerprint density at radius 2 is 1.83 bits per heavy atom. The zero-order valence-electron chi connectivity index (χ0n) is 9.80. The normalized spacial score (nSPS) is 13.4. The van der Waals surface area contributed by atoms with Crippen LogP contribution >= 0.6 is 43.5 Å². The number of halogens is 3. The molecule has 4 nitrogen and oxygen atoms in total. The van der Waals surface area contributed by atoms with Gasteiger partial charge >= 0.3 is 0 Å². The van der Waals surface area contributed by atoms with Gasteiger partial charge in [-0.3, -0.25) is 4.72 Å². The average molecular weight is 421 g/mol. The molecule has 1 rings (SSSR count). The van der Waals surface area contributed by atoms with E-state index >= 15 is 0 Å². The molecule has 1 aromatic rings. The molecule has 0 saturated carbocycles. The van der Waals surface area contributed by atoms with Gasteiger partial charge in [0.2, 0.25) is 10.0 Å². The van der Waals surface area contributed by atoms with Crippen molar-refractivity contribution in [1.82, 2.24) is 5.32 Å². The first-order chi connectivity index (χ1) is 8.27. The van der Waals surface area contributed by atoms with E-state index in [1.807, 2.05) is 0 Å². The molecule has 0 aliphatic heterocycles. The van der Waals surface area contributed by atoms with Crippen molar-refractivity contribution in [2.45, 2.75) is 12.2 Å². The maximum atomic E-state index is 12.1. The Labute approximate surface area is 129 Å². The molecule has 8 heteroatoms. The van der Waals surface area contributed by atoms with E-state index in [1.165, 1.54) is 0 Å². The molecule has 0 radical (unpaired) electrons. The van der Waals surface area contributed by atoms with E-state index in [9.17, 15) is 8.42 Å². The van der Waals surface area contributed by atoms with Crippen molar-refractivity contribution in [1.29, 1.82) is 0 Å². The van der Waals surface area contributed by atoms with Gasteiger partial charge in [0.15, 0.2) is 0 Å². The summed E-state index contributed by atoms with van der Waals surface area (Å²) in [7, 11) is -1.74. The van der Waals surface area contributed by atoms with Gasteiger partial charge in [-0.05, 0) is 58.0 Å². The van der Waals surface area contributed by atoms with E-state index in [2.05, 4.69) is 41.9 Å². The van der Waals surface area contributed by atoms with Gasteiger partial charge in [0.1, 0.15) is 0 Å². The van der Waals surface area contributed by atoms with E-state index < -0.39 is 15.3 Å². The van der Waals surface area contributed by atoms with Gasteiger partial charge in [0.25, 0.3) is 0 Å². The smallest absolute Gasteiger partial charge is 0.236 e. The molecule has 0 aromatic heterocycles. The van der Waals surface area contributed by atoms with Gasteiger partial charge in [-0.25, -0.2) is 8.42 Å². The maximum absolute atomic E-state index is 12.1. The van der Waals surface area contributed by atoms with Crippen LogP contribution in [0.3, 0.4) is 0 Å². The Balaban J connectivity index is 3.05. The molecule has 1 atom stereocenters. The van der Waals surface area contributed by atoms with Crippen molar-refractivity contribution in [2.24, 2.45) is 0 Å². The van der Waals surface area contributed by atoms with Crippen molar-refractivity contribution < 1.29 is 8.42 Å². The first-order valence-corrected chi connectivity index (χ1v) is 8.59. The molecule has 0 fully saturated rings. The molecule has 102 valence electrons. The monoisotopic (exact) mass is 418 g/mol. The van der Waals surface area contributed by atoms with E-state index in [0.29, 0.717) is 26.2 Å². The molecule has 0 spiro atoms. The predicted molar refractivity (Wildman–Crippen MR) is 82.8 cm³/mol. The van der Waals surface area contributed by atoms with Crippen molar-refractivity contribution in [3.63, 3.8) is 0 Å². The van der Waals surface area contributed by atoms with Crippen molar-refractivity contribution in [3.05, 3.63) is 26.1 Å². The Kier molecular flexibility index (Phi) is 5.92. The van der Waals surface area contributed by atoms with E-state index in [-0.39, 0.29) is 0 Å². The third-order valence-corrected chi connectivity index (χ3v) is 5.46. The molecule has 0 aliphatic carbocycles. The van der Waals surface area contributed by atoms with Crippen molar-refractivity contribution in [3.8, 4) is 0 Å². The second-order valence-electron chi connectivity index (χ2n) is 3.76. The highest BCUT2D eigenvalue weighted by Gasteiger charge is 2.22. The molecule has 2 N–H and O–H groups in total. The zero-order chi connectivity index (χ0) is 13.9. The Morgan fingerprint density at radius 3 is 2.28 bits per heavy atom. The van der Waals surface area contributed by atoms with Gasteiger partial charge in [0.05, 0.1) is 10.9 Å². The molecule has 1 aromatic carbocycles. The Hall–Kier alpha value is 0.180. The third kappa shape index (κ3) is 4.09. The van der Waals surface area contributed by atoms with Crippen LogP contribution < -0.4 is 10.0 Å². The van der Waals surface area contributed by atoms with Crippen molar-refractivity contribution >= 4 is 59.2 Å². The standard InChI is InChI=1S/C10H13Br2ClN2O2S/c1-6(5-14-2)18(16,17)15-10-8(11)3-7(13)4-9(10)12/h3-4,6,14-15H,5H2,1-2H3. The number of rotatable bonds is 5. The van der Waals surface area contributed by atoms with Crippen LogP contribution in [-0.2, 0) is 10.0 Å². The van der Waals surface area contributed by atoms with E-state index in [0.717, 1.165) is 0 Å². The highest BCUT2D eigenvalue weighted by molar-refractivity contribution is 9.11.